The molecule has 0 aliphatic carbocycles. The third kappa shape index (κ3) is 6.28. The van der Waals surface area contributed by atoms with Gasteiger partial charge in [-0.25, -0.2) is 0 Å². The van der Waals surface area contributed by atoms with E-state index in [1.54, 1.807) is 7.11 Å². The van der Waals surface area contributed by atoms with Crippen molar-refractivity contribution in [1.82, 2.24) is 5.32 Å². The lowest BCUT2D eigenvalue weighted by atomic mass is 10.3. The molecule has 0 radical (unpaired) electrons. The zero-order valence-corrected chi connectivity index (χ0v) is 7.89. The summed E-state index contributed by atoms with van der Waals surface area (Å²) in [5.74, 6) is 0. The first-order valence-electron chi connectivity index (χ1n) is 3.99. The van der Waals surface area contributed by atoms with E-state index in [9.17, 15) is 0 Å². The van der Waals surface area contributed by atoms with Crippen molar-refractivity contribution in [2.45, 2.75) is 26.1 Å². The van der Waals surface area contributed by atoms with E-state index in [1.807, 2.05) is 20.9 Å². The Hall–Kier alpha value is -0.120. The second-order valence-electron chi connectivity index (χ2n) is 2.80. The maximum atomic E-state index is 5.38. The van der Waals surface area contributed by atoms with E-state index in [4.69, 9.17) is 9.47 Å². The van der Waals surface area contributed by atoms with Crippen LogP contribution in [0.4, 0.5) is 0 Å². The molecule has 0 fully saturated rings. The molecule has 0 aliphatic heterocycles. The third-order valence-electron chi connectivity index (χ3n) is 1.38. The van der Waals surface area contributed by atoms with Gasteiger partial charge in [0.15, 0.2) is 0 Å². The minimum Gasteiger partial charge on any atom is -0.378 e. The summed E-state index contributed by atoms with van der Waals surface area (Å²) in [6.07, 6.45) is 0.451. The first kappa shape index (κ1) is 10.9. The molecular formula is C8H19NO2. The molecule has 11 heavy (non-hydrogen) atoms. The van der Waals surface area contributed by atoms with Crippen molar-refractivity contribution >= 4 is 0 Å². The van der Waals surface area contributed by atoms with Crippen molar-refractivity contribution in [3.05, 3.63) is 0 Å². The van der Waals surface area contributed by atoms with Crippen LogP contribution in [0.25, 0.3) is 0 Å². The molecule has 0 amide bonds. The van der Waals surface area contributed by atoms with Crippen LogP contribution in [0.1, 0.15) is 13.8 Å². The monoisotopic (exact) mass is 161 g/mol. The highest BCUT2D eigenvalue weighted by Gasteiger charge is 2.06. The molecule has 0 aromatic rings. The Balaban J connectivity index is 3.35. The molecule has 0 heterocycles. The normalized spacial score (nSPS) is 13.9. The Labute approximate surface area is 69.1 Å². The number of likely N-dealkylation sites (N-methyl/N-ethyl adjacent to an activating group) is 1. The van der Waals surface area contributed by atoms with Crippen molar-refractivity contribution in [2.24, 2.45) is 0 Å². The lowest BCUT2D eigenvalue weighted by Crippen LogP contribution is -2.30. The molecule has 0 saturated carbocycles. The molecule has 68 valence electrons. The molecule has 1 unspecified atom stereocenters. The predicted molar refractivity (Wildman–Crippen MR) is 45.8 cm³/mol. The fourth-order valence-electron chi connectivity index (χ4n) is 0.738. The summed E-state index contributed by atoms with van der Waals surface area (Å²) in [6.45, 7) is 5.54. The Morgan fingerprint density at radius 2 is 2.00 bits per heavy atom. The lowest BCUT2D eigenvalue weighted by Gasteiger charge is -2.16. The largest absolute Gasteiger partial charge is 0.378 e. The van der Waals surface area contributed by atoms with Gasteiger partial charge in [-0.1, -0.05) is 0 Å². The van der Waals surface area contributed by atoms with Crippen LogP contribution in [-0.2, 0) is 9.47 Å². The van der Waals surface area contributed by atoms with E-state index < -0.39 is 0 Å². The summed E-state index contributed by atoms with van der Waals surface area (Å²) in [7, 11) is 3.60. The molecule has 0 bridgehead atoms. The van der Waals surface area contributed by atoms with Gasteiger partial charge in [0, 0.05) is 13.7 Å². The van der Waals surface area contributed by atoms with Crippen LogP contribution in [0.3, 0.4) is 0 Å². The van der Waals surface area contributed by atoms with Crippen LogP contribution >= 0.6 is 0 Å². The number of hydrogen-bond donors (Lipinski definition) is 1. The van der Waals surface area contributed by atoms with Crippen LogP contribution in [0.2, 0.25) is 0 Å². The van der Waals surface area contributed by atoms with Crippen LogP contribution < -0.4 is 5.32 Å². The standard InChI is InChI=1S/C8H19NO2/c1-7(2)11-6-8(10-4)5-9-3/h7-9H,5-6H2,1-4H3. The molecule has 0 rings (SSSR count). The number of ether oxygens (including phenoxy) is 2. The quantitative estimate of drug-likeness (QED) is 0.620. The Morgan fingerprint density at radius 3 is 2.36 bits per heavy atom. The molecule has 1 N–H and O–H groups in total. The van der Waals surface area contributed by atoms with Gasteiger partial charge in [-0.3, -0.25) is 0 Å². The van der Waals surface area contributed by atoms with Gasteiger partial charge in [-0.2, -0.15) is 0 Å². The highest BCUT2D eigenvalue weighted by molar-refractivity contribution is 4.58. The number of hydrogen-bond acceptors (Lipinski definition) is 3. The van der Waals surface area contributed by atoms with Gasteiger partial charge < -0.3 is 14.8 Å². The van der Waals surface area contributed by atoms with E-state index >= 15 is 0 Å². The van der Waals surface area contributed by atoms with Crippen LogP contribution in [0.5, 0.6) is 0 Å². The second kappa shape index (κ2) is 6.58. The molecule has 3 nitrogen and oxygen atoms in total. The van der Waals surface area contributed by atoms with Crippen molar-refractivity contribution < 1.29 is 9.47 Å². The summed E-state index contributed by atoms with van der Waals surface area (Å²) < 4.78 is 10.5. The number of rotatable bonds is 6. The average Bonchev–Trinajstić information content (AvgIpc) is 1.97. The maximum Gasteiger partial charge on any atom is 0.0928 e. The third-order valence-corrected chi connectivity index (χ3v) is 1.38. The highest BCUT2D eigenvalue weighted by atomic mass is 16.5. The minimum atomic E-state index is 0.169. The van der Waals surface area contributed by atoms with Crippen LogP contribution in [-0.4, -0.2) is 39.5 Å². The SMILES string of the molecule is CNCC(COC(C)C)OC. The van der Waals surface area contributed by atoms with Gasteiger partial charge >= 0.3 is 0 Å². The van der Waals surface area contributed by atoms with Crippen molar-refractivity contribution in [3.63, 3.8) is 0 Å². The zero-order chi connectivity index (χ0) is 8.69. The van der Waals surface area contributed by atoms with Gasteiger partial charge in [0.05, 0.1) is 18.8 Å². The first-order chi connectivity index (χ1) is 5.20. The molecule has 0 saturated heterocycles. The Morgan fingerprint density at radius 1 is 1.36 bits per heavy atom. The molecule has 0 aromatic carbocycles. The Kier molecular flexibility index (Phi) is 6.51. The number of nitrogens with one attached hydrogen (secondary N) is 1. The van der Waals surface area contributed by atoms with E-state index in [-0.39, 0.29) is 12.2 Å². The van der Waals surface area contributed by atoms with Gasteiger partial charge in [0.2, 0.25) is 0 Å². The lowest BCUT2D eigenvalue weighted by molar-refractivity contribution is -0.0137. The molecule has 1 atom stereocenters. The first-order valence-corrected chi connectivity index (χ1v) is 3.99. The van der Waals surface area contributed by atoms with E-state index in [0.29, 0.717) is 6.61 Å². The topological polar surface area (TPSA) is 30.5 Å². The van der Waals surface area contributed by atoms with E-state index in [1.165, 1.54) is 0 Å². The van der Waals surface area contributed by atoms with Crippen LogP contribution in [0.15, 0.2) is 0 Å². The average molecular weight is 161 g/mol. The summed E-state index contributed by atoms with van der Waals surface area (Å²) in [4.78, 5) is 0. The summed E-state index contributed by atoms with van der Waals surface area (Å²) in [5, 5.41) is 3.04. The second-order valence-corrected chi connectivity index (χ2v) is 2.80. The van der Waals surface area contributed by atoms with Gasteiger partial charge in [0.1, 0.15) is 0 Å². The van der Waals surface area contributed by atoms with Crippen molar-refractivity contribution in [2.75, 3.05) is 27.3 Å². The minimum absolute atomic E-state index is 0.169. The highest BCUT2D eigenvalue weighted by Crippen LogP contribution is 1.93. The van der Waals surface area contributed by atoms with Gasteiger partial charge in [-0.05, 0) is 20.9 Å². The predicted octanol–water partition coefficient (Wildman–Crippen LogP) is 0.646. The van der Waals surface area contributed by atoms with E-state index in [0.717, 1.165) is 6.54 Å². The van der Waals surface area contributed by atoms with E-state index in [2.05, 4.69) is 5.32 Å². The Bertz CT molecular complexity index is 86.2. The van der Waals surface area contributed by atoms with Gasteiger partial charge in [-0.15, -0.1) is 0 Å². The van der Waals surface area contributed by atoms with Crippen LogP contribution in [0, 0.1) is 0 Å². The molecule has 3 heteroatoms. The summed E-state index contributed by atoms with van der Waals surface area (Å²) >= 11 is 0. The summed E-state index contributed by atoms with van der Waals surface area (Å²) in [5.41, 5.74) is 0. The fourth-order valence-corrected chi connectivity index (χ4v) is 0.738. The molecule has 0 spiro atoms. The number of methoxy groups -OCH3 is 1. The fraction of sp³-hybridized carbons (Fsp3) is 1.00. The van der Waals surface area contributed by atoms with Crippen molar-refractivity contribution in [3.8, 4) is 0 Å². The van der Waals surface area contributed by atoms with Crippen molar-refractivity contribution in [1.29, 1.82) is 0 Å². The maximum absolute atomic E-state index is 5.38. The molecular weight excluding hydrogens is 142 g/mol. The smallest absolute Gasteiger partial charge is 0.0928 e. The molecule has 0 aromatic heterocycles. The summed E-state index contributed by atoms with van der Waals surface area (Å²) in [6, 6.07) is 0. The molecule has 0 aliphatic rings. The van der Waals surface area contributed by atoms with Gasteiger partial charge in [0.25, 0.3) is 0 Å². The zero-order valence-electron chi connectivity index (χ0n) is 7.89.